The summed E-state index contributed by atoms with van der Waals surface area (Å²) in [6, 6.07) is 14.2. The second kappa shape index (κ2) is 7.10. The number of aromatic nitrogens is 1. The summed E-state index contributed by atoms with van der Waals surface area (Å²) in [7, 11) is 0. The van der Waals surface area contributed by atoms with Crippen molar-refractivity contribution in [2.24, 2.45) is 5.92 Å². The molecule has 1 aliphatic rings. The number of hydrogen-bond donors (Lipinski definition) is 0. The third kappa shape index (κ3) is 3.44. The zero-order valence-electron chi connectivity index (χ0n) is 15.7. The molecule has 0 aliphatic carbocycles. The Bertz CT molecular complexity index is 1010. The van der Waals surface area contributed by atoms with Crippen molar-refractivity contribution in [1.82, 2.24) is 9.88 Å². The molecule has 0 N–H and O–H groups in total. The highest BCUT2D eigenvalue weighted by Gasteiger charge is 2.24. The van der Waals surface area contributed by atoms with Crippen LogP contribution in [-0.2, 0) is 0 Å². The first-order valence-corrected chi connectivity index (χ1v) is 9.48. The summed E-state index contributed by atoms with van der Waals surface area (Å²) in [5.74, 6) is 0.332. The van der Waals surface area contributed by atoms with Gasteiger partial charge in [-0.1, -0.05) is 30.7 Å². The molecule has 0 radical (unpaired) electrons. The maximum atomic E-state index is 14.3. The highest BCUT2D eigenvalue weighted by Crippen LogP contribution is 2.29. The fourth-order valence-corrected chi connectivity index (χ4v) is 3.71. The van der Waals surface area contributed by atoms with Crippen molar-refractivity contribution in [3.05, 3.63) is 65.5 Å². The standard InChI is InChI=1S/C23H23FN2O/c1-15-9-11-26(12-10-15)23(27)19-14-22(17-5-3-4-6-20(17)24)25-21-8-7-16(2)13-18(19)21/h3-8,13-15H,9-12H2,1-2H3. The van der Waals surface area contributed by atoms with Gasteiger partial charge in [0, 0.05) is 24.0 Å². The summed E-state index contributed by atoms with van der Waals surface area (Å²) < 4.78 is 14.3. The number of hydrogen-bond acceptors (Lipinski definition) is 2. The molecule has 1 aromatic heterocycles. The molecule has 1 amide bonds. The quantitative estimate of drug-likeness (QED) is 0.626. The van der Waals surface area contributed by atoms with Crippen LogP contribution in [0.4, 0.5) is 4.39 Å². The Labute approximate surface area is 158 Å². The average molecular weight is 362 g/mol. The lowest BCUT2D eigenvalue weighted by atomic mass is 9.97. The molecule has 0 spiro atoms. The number of fused-ring (bicyclic) bond motifs is 1. The first-order chi connectivity index (χ1) is 13.0. The van der Waals surface area contributed by atoms with Gasteiger partial charge in [-0.05, 0) is 56.0 Å². The zero-order chi connectivity index (χ0) is 19.0. The Balaban J connectivity index is 1.85. The lowest BCUT2D eigenvalue weighted by Gasteiger charge is -2.30. The molecule has 3 aromatic rings. The van der Waals surface area contributed by atoms with Crippen LogP contribution >= 0.6 is 0 Å². The summed E-state index contributed by atoms with van der Waals surface area (Å²) in [6.45, 7) is 5.76. The molecule has 2 heterocycles. The molecular weight excluding hydrogens is 339 g/mol. The number of piperidine rings is 1. The molecule has 0 saturated carbocycles. The van der Waals surface area contributed by atoms with Crippen molar-refractivity contribution in [2.45, 2.75) is 26.7 Å². The molecule has 1 fully saturated rings. The Morgan fingerprint density at radius 1 is 1.11 bits per heavy atom. The number of likely N-dealkylation sites (tertiary alicyclic amines) is 1. The van der Waals surface area contributed by atoms with E-state index in [1.54, 1.807) is 24.3 Å². The number of rotatable bonds is 2. The number of aryl methyl sites for hydroxylation is 1. The van der Waals surface area contributed by atoms with Crippen LogP contribution in [0, 0.1) is 18.7 Å². The van der Waals surface area contributed by atoms with E-state index in [1.165, 1.54) is 6.07 Å². The molecule has 1 aliphatic heterocycles. The minimum absolute atomic E-state index is 0.0116. The molecule has 2 aromatic carbocycles. The highest BCUT2D eigenvalue weighted by molar-refractivity contribution is 6.07. The van der Waals surface area contributed by atoms with E-state index in [0.717, 1.165) is 42.4 Å². The van der Waals surface area contributed by atoms with Crippen LogP contribution in [0.3, 0.4) is 0 Å². The van der Waals surface area contributed by atoms with Crippen LogP contribution < -0.4 is 0 Å². The van der Waals surface area contributed by atoms with Crippen molar-refractivity contribution in [3.63, 3.8) is 0 Å². The van der Waals surface area contributed by atoms with E-state index < -0.39 is 0 Å². The van der Waals surface area contributed by atoms with E-state index >= 15 is 0 Å². The van der Waals surface area contributed by atoms with Crippen molar-refractivity contribution >= 4 is 16.8 Å². The Morgan fingerprint density at radius 2 is 1.85 bits per heavy atom. The fraction of sp³-hybridized carbons (Fsp3) is 0.304. The zero-order valence-corrected chi connectivity index (χ0v) is 15.7. The second-order valence-corrected chi connectivity index (χ2v) is 7.53. The third-order valence-corrected chi connectivity index (χ3v) is 5.42. The van der Waals surface area contributed by atoms with Gasteiger partial charge in [-0.25, -0.2) is 9.37 Å². The maximum absolute atomic E-state index is 14.3. The van der Waals surface area contributed by atoms with Gasteiger partial charge in [0.2, 0.25) is 0 Å². The number of benzene rings is 2. The van der Waals surface area contributed by atoms with E-state index in [4.69, 9.17) is 0 Å². The third-order valence-electron chi connectivity index (χ3n) is 5.42. The van der Waals surface area contributed by atoms with Gasteiger partial charge in [-0.15, -0.1) is 0 Å². The summed E-state index contributed by atoms with van der Waals surface area (Å²) in [5.41, 5.74) is 3.32. The molecule has 1 saturated heterocycles. The van der Waals surface area contributed by atoms with Gasteiger partial charge in [-0.3, -0.25) is 4.79 Å². The van der Waals surface area contributed by atoms with E-state index in [9.17, 15) is 9.18 Å². The topological polar surface area (TPSA) is 33.2 Å². The summed E-state index contributed by atoms with van der Waals surface area (Å²) in [5, 5.41) is 0.832. The van der Waals surface area contributed by atoms with Crippen molar-refractivity contribution < 1.29 is 9.18 Å². The molecule has 4 rings (SSSR count). The molecule has 3 nitrogen and oxygen atoms in total. The first kappa shape index (κ1) is 17.7. The molecule has 27 heavy (non-hydrogen) atoms. The van der Waals surface area contributed by atoms with Crippen molar-refractivity contribution in [1.29, 1.82) is 0 Å². The van der Waals surface area contributed by atoms with Crippen LogP contribution in [0.15, 0.2) is 48.5 Å². The van der Waals surface area contributed by atoms with E-state index in [-0.39, 0.29) is 11.7 Å². The smallest absolute Gasteiger partial charge is 0.254 e. The second-order valence-electron chi connectivity index (χ2n) is 7.53. The molecule has 0 unspecified atom stereocenters. The number of pyridine rings is 1. The molecule has 138 valence electrons. The summed E-state index contributed by atoms with van der Waals surface area (Å²) in [6.07, 6.45) is 2.04. The van der Waals surface area contributed by atoms with E-state index in [2.05, 4.69) is 11.9 Å². The highest BCUT2D eigenvalue weighted by atomic mass is 19.1. The van der Waals surface area contributed by atoms with Gasteiger partial charge in [-0.2, -0.15) is 0 Å². The Hall–Kier alpha value is -2.75. The lowest BCUT2D eigenvalue weighted by Crippen LogP contribution is -2.38. The van der Waals surface area contributed by atoms with Crippen LogP contribution in [0.5, 0.6) is 0 Å². The van der Waals surface area contributed by atoms with Gasteiger partial charge in [0.15, 0.2) is 0 Å². The SMILES string of the molecule is Cc1ccc2nc(-c3ccccc3F)cc(C(=O)N3CCC(C)CC3)c2c1. The van der Waals surface area contributed by atoms with Crippen LogP contribution in [0.1, 0.15) is 35.7 Å². The number of carbonyl (C=O) groups excluding carboxylic acids is 1. The largest absolute Gasteiger partial charge is 0.339 e. The van der Waals surface area contributed by atoms with Gasteiger partial charge in [0.1, 0.15) is 5.82 Å². The van der Waals surface area contributed by atoms with Crippen LogP contribution in [0.25, 0.3) is 22.2 Å². The number of halogens is 1. The predicted molar refractivity (Wildman–Crippen MR) is 106 cm³/mol. The summed E-state index contributed by atoms with van der Waals surface area (Å²) >= 11 is 0. The molecule has 0 bridgehead atoms. The Morgan fingerprint density at radius 3 is 2.59 bits per heavy atom. The van der Waals surface area contributed by atoms with Crippen LogP contribution in [-0.4, -0.2) is 28.9 Å². The van der Waals surface area contributed by atoms with Crippen molar-refractivity contribution in [2.75, 3.05) is 13.1 Å². The fourth-order valence-electron chi connectivity index (χ4n) is 3.71. The number of amides is 1. The van der Waals surface area contributed by atoms with E-state index in [1.807, 2.05) is 30.0 Å². The molecule has 4 heteroatoms. The van der Waals surface area contributed by atoms with Gasteiger partial charge in [0.25, 0.3) is 5.91 Å². The van der Waals surface area contributed by atoms with Gasteiger partial charge < -0.3 is 4.90 Å². The minimum Gasteiger partial charge on any atom is -0.339 e. The maximum Gasteiger partial charge on any atom is 0.254 e. The minimum atomic E-state index is -0.332. The summed E-state index contributed by atoms with van der Waals surface area (Å²) in [4.78, 5) is 19.9. The van der Waals surface area contributed by atoms with Gasteiger partial charge >= 0.3 is 0 Å². The monoisotopic (exact) mass is 362 g/mol. The Kier molecular flexibility index (Phi) is 4.65. The van der Waals surface area contributed by atoms with E-state index in [0.29, 0.717) is 22.7 Å². The first-order valence-electron chi connectivity index (χ1n) is 9.48. The lowest BCUT2D eigenvalue weighted by molar-refractivity contribution is 0.0699. The molecule has 0 atom stereocenters. The number of carbonyl (C=O) groups is 1. The van der Waals surface area contributed by atoms with Crippen molar-refractivity contribution in [3.8, 4) is 11.3 Å². The molecular formula is C23H23FN2O. The average Bonchev–Trinajstić information content (AvgIpc) is 2.68. The van der Waals surface area contributed by atoms with Crippen LogP contribution in [0.2, 0.25) is 0 Å². The predicted octanol–water partition coefficient (Wildman–Crippen LogP) is 5.22. The van der Waals surface area contributed by atoms with Gasteiger partial charge in [0.05, 0.1) is 16.8 Å². The number of nitrogens with zero attached hydrogens (tertiary/aromatic N) is 2. The normalized spacial score (nSPS) is 15.3.